The van der Waals surface area contributed by atoms with Gasteiger partial charge in [0.25, 0.3) is 0 Å². The summed E-state index contributed by atoms with van der Waals surface area (Å²) in [4.78, 5) is 11.6. The van der Waals surface area contributed by atoms with Gasteiger partial charge in [-0.3, -0.25) is 4.79 Å². The molecule has 0 aliphatic rings. The molecule has 17 heavy (non-hydrogen) atoms. The van der Waals surface area contributed by atoms with Crippen molar-refractivity contribution >= 4 is 5.91 Å². The van der Waals surface area contributed by atoms with Gasteiger partial charge in [0.2, 0.25) is 5.91 Å². The molecule has 1 unspecified atom stereocenters. The molecule has 0 spiro atoms. The maximum atomic E-state index is 11.6. The number of aliphatic hydroxyl groups is 1. The Balaban J connectivity index is 4.08. The van der Waals surface area contributed by atoms with E-state index < -0.39 is 11.1 Å². The van der Waals surface area contributed by atoms with Crippen LogP contribution in [0.5, 0.6) is 0 Å². The van der Waals surface area contributed by atoms with Gasteiger partial charge in [-0.15, -0.1) is 0 Å². The minimum atomic E-state index is -0.897. The number of carbonyl (C=O) groups excluding carboxylic acids is 1. The van der Waals surface area contributed by atoms with Crippen LogP contribution in [-0.4, -0.2) is 48.5 Å². The molecule has 0 heterocycles. The van der Waals surface area contributed by atoms with E-state index in [1.165, 1.54) is 0 Å². The van der Waals surface area contributed by atoms with Gasteiger partial charge in [-0.2, -0.15) is 0 Å². The van der Waals surface area contributed by atoms with Gasteiger partial charge in [0, 0.05) is 18.7 Å². The number of carbonyl (C=O) groups is 1. The van der Waals surface area contributed by atoms with Crippen molar-refractivity contribution in [1.29, 1.82) is 0 Å². The Morgan fingerprint density at radius 2 is 1.88 bits per heavy atom. The fourth-order valence-corrected chi connectivity index (χ4v) is 1.14. The molecule has 0 aliphatic carbocycles. The van der Waals surface area contributed by atoms with Gasteiger partial charge in [0.1, 0.15) is 0 Å². The molecule has 3 N–H and O–H groups in total. The molecule has 0 radical (unpaired) electrons. The van der Waals surface area contributed by atoms with Gasteiger partial charge in [-0.05, 0) is 34.6 Å². The molecule has 0 aromatic carbocycles. The van der Waals surface area contributed by atoms with Crippen LogP contribution >= 0.6 is 0 Å². The second-order valence-electron chi connectivity index (χ2n) is 5.46. The first kappa shape index (κ1) is 16.4. The lowest BCUT2D eigenvalue weighted by molar-refractivity contribution is -0.122. The zero-order valence-electron chi connectivity index (χ0n) is 11.8. The van der Waals surface area contributed by atoms with Crippen molar-refractivity contribution in [2.24, 2.45) is 0 Å². The predicted molar refractivity (Wildman–Crippen MR) is 67.9 cm³/mol. The Kier molecular flexibility index (Phi) is 6.09. The molecule has 0 bridgehead atoms. The summed E-state index contributed by atoms with van der Waals surface area (Å²) >= 11 is 0. The highest BCUT2D eigenvalue weighted by Gasteiger charge is 2.34. The fraction of sp³-hybridized carbons (Fsp3) is 0.917. The van der Waals surface area contributed by atoms with Gasteiger partial charge in [-0.1, -0.05) is 0 Å². The Hall–Kier alpha value is -0.650. The molecule has 1 atom stereocenters. The quantitative estimate of drug-likeness (QED) is 0.603. The van der Waals surface area contributed by atoms with Crippen molar-refractivity contribution in [3.05, 3.63) is 0 Å². The van der Waals surface area contributed by atoms with E-state index in [4.69, 9.17) is 4.74 Å². The van der Waals surface area contributed by atoms with Gasteiger partial charge < -0.3 is 20.5 Å². The van der Waals surface area contributed by atoms with Gasteiger partial charge >= 0.3 is 0 Å². The number of amides is 1. The van der Waals surface area contributed by atoms with E-state index >= 15 is 0 Å². The molecule has 0 aromatic heterocycles. The predicted octanol–water partition coefficient (Wildman–Crippen LogP) is 0.277. The summed E-state index contributed by atoms with van der Waals surface area (Å²) in [7, 11) is 1.60. The normalized spacial score (nSPS) is 14.5. The third kappa shape index (κ3) is 6.00. The second kappa shape index (κ2) is 6.33. The Morgan fingerprint density at radius 1 is 1.35 bits per heavy atom. The van der Waals surface area contributed by atoms with E-state index in [1.54, 1.807) is 21.0 Å². The zero-order chi connectivity index (χ0) is 13.7. The van der Waals surface area contributed by atoms with E-state index in [2.05, 4.69) is 10.6 Å². The summed E-state index contributed by atoms with van der Waals surface area (Å²) in [6, 6.07) is -0.0143. The van der Waals surface area contributed by atoms with Crippen molar-refractivity contribution in [2.75, 3.05) is 20.3 Å². The SMILES string of the molecule is COCC(C)NC(=O)CNC(C)(C)C(C)(C)O. The highest BCUT2D eigenvalue weighted by molar-refractivity contribution is 5.78. The highest BCUT2D eigenvalue weighted by atomic mass is 16.5. The molecular formula is C12H26N2O3. The number of methoxy groups -OCH3 is 1. The Bertz CT molecular complexity index is 247. The monoisotopic (exact) mass is 246 g/mol. The molecule has 0 aliphatic heterocycles. The average molecular weight is 246 g/mol. The van der Waals surface area contributed by atoms with Crippen molar-refractivity contribution in [2.45, 2.75) is 51.8 Å². The van der Waals surface area contributed by atoms with Crippen LogP contribution in [-0.2, 0) is 9.53 Å². The molecular weight excluding hydrogens is 220 g/mol. The summed E-state index contributed by atoms with van der Waals surface area (Å²) in [6.07, 6.45) is 0. The summed E-state index contributed by atoms with van der Waals surface area (Å²) < 4.78 is 4.93. The molecule has 0 saturated heterocycles. The molecule has 5 heteroatoms. The molecule has 0 fully saturated rings. The van der Waals surface area contributed by atoms with Crippen molar-refractivity contribution in [3.63, 3.8) is 0 Å². The molecule has 0 rings (SSSR count). The standard InChI is InChI=1S/C12H26N2O3/c1-9(8-17-6)14-10(15)7-13-11(2,3)12(4,5)16/h9,13,16H,7-8H2,1-6H3,(H,14,15). The zero-order valence-corrected chi connectivity index (χ0v) is 11.8. The minimum absolute atomic E-state index is 0.0143. The fourth-order valence-electron chi connectivity index (χ4n) is 1.14. The first-order valence-corrected chi connectivity index (χ1v) is 5.86. The largest absolute Gasteiger partial charge is 0.389 e. The third-order valence-electron chi connectivity index (χ3n) is 3.04. The van der Waals surface area contributed by atoms with Crippen molar-refractivity contribution in [3.8, 4) is 0 Å². The topological polar surface area (TPSA) is 70.6 Å². The first-order chi connectivity index (χ1) is 7.60. The van der Waals surface area contributed by atoms with Crippen molar-refractivity contribution < 1.29 is 14.6 Å². The van der Waals surface area contributed by atoms with Crippen molar-refractivity contribution in [1.82, 2.24) is 10.6 Å². The molecule has 5 nitrogen and oxygen atoms in total. The van der Waals surface area contributed by atoms with Crippen LogP contribution in [0.25, 0.3) is 0 Å². The minimum Gasteiger partial charge on any atom is -0.389 e. The van der Waals surface area contributed by atoms with E-state index in [0.29, 0.717) is 6.61 Å². The van der Waals surface area contributed by atoms with Gasteiger partial charge in [0.15, 0.2) is 0 Å². The Labute approximate surface area is 104 Å². The van der Waals surface area contributed by atoms with Gasteiger partial charge in [-0.25, -0.2) is 0 Å². The number of hydrogen-bond donors (Lipinski definition) is 3. The van der Waals surface area contributed by atoms with Crippen LogP contribution in [0.1, 0.15) is 34.6 Å². The summed E-state index contributed by atoms with van der Waals surface area (Å²) in [5.74, 6) is -0.105. The van der Waals surface area contributed by atoms with Crippen LogP contribution in [0, 0.1) is 0 Å². The van der Waals surface area contributed by atoms with E-state index in [1.807, 2.05) is 20.8 Å². The van der Waals surface area contributed by atoms with Crippen LogP contribution < -0.4 is 10.6 Å². The number of hydrogen-bond acceptors (Lipinski definition) is 4. The summed E-state index contributed by atoms with van der Waals surface area (Å²) in [5.41, 5.74) is -1.43. The van der Waals surface area contributed by atoms with E-state index in [9.17, 15) is 9.90 Å². The van der Waals surface area contributed by atoms with E-state index in [-0.39, 0.29) is 18.5 Å². The maximum Gasteiger partial charge on any atom is 0.234 e. The lowest BCUT2D eigenvalue weighted by atomic mass is 9.86. The maximum absolute atomic E-state index is 11.6. The number of ether oxygens (including phenoxy) is 1. The van der Waals surface area contributed by atoms with Crippen LogP contribution in [0.3, 0.4) is 0 Å². The number of nitrogens with one attached hydrogen (secondary N) is 2. The van der Waals surface area contributed by atoms with Crippen LogP contribution in [0.4, 0.5) is 0 Å². The van der Waals surface area contributed by atoms with Crippen LogP contribution in [0.15, 0.2) is 0 Å². The molecule has 102 valence electrons. The second-order valence-corrected chi connectivity index (χ2v) is 5.46. The average Bonchev–Trinajstić information content (AvgIpc) is 2.13. The Morgan fingerprint density at radius 3 is 2.29 bits per heavy atom. The summed E-state index contributed by atoms with van der Waals surface area (Å²) in [6.45, 7) is 9.68. The third-order valence-corrected chi connectivity index (χ3v) is 3.04. The highest BCUT2D eigenvalue weighted by Crippen LogP contribution is 2.19. The van der Waals surface area contributed by atoms with E-state index in [0.717, 1.165) is 0 Å². The van der Waals surface area contributed by atoms with Gasteiger partial charge in [0.05, 0.1) is 18.8 Å². The summed E-state index contributed by atoms with van der Waals surface area (Å²) in [5, 5.41) is 15.8. The first-order valence-electron chi connectivity index (χ1n) is 5.86. The lowest BCUT2D eigenvalue weighted by Crippen LogP contribution is -2.58. The molecule has 1 amide bonds. The smallest absolute Gasteiger partial charge is 0.234 e. The molecule has 0 saturated carbocycles. The molecule has 0 aromatic rings. The lowest BCUT2D eigenvalue weighted by Gasteiger charge is -2.38. The van der Waals surface area contributed by atoms with Crippen LogP contribution in [0.2, 0.25) is 0 Å². The number of rotatable bonds is 7.